The molecular weight excluding hydrogens is 530 g/mol. The largest absolute Gasteiger partial charge is 0.354 e. The molecule has 2 atom stereocenters. The Morgan fingerprint density at radius 2 is 1.98 bits per heavy atom. The molecule has 1 unspecified atom stereocenters. The number of nitrogens with one attached hydrogen (secondary N) is 2. The minimum absolute atomic E-state index is 0.101. The van der Waals surface area contributed by atoms with Gasteiger partial charge in [0, 0.05) is 36.0 Å². The maximum Gasteiger partial charge on any atom is 0.252 e. The average Bonchev–Trinajstić information content (AvgIpc) is 3.59. The topological polar surface area (TPSA) is 79.3 Å². The number of nitrogens with zero attached hydrogens (tertiary/aromatic N) is 3. The van der Waals surface area contributed by atoms with E-state index in [1.54, 1.807) is 11.3 Å². The number of imidazole rings is 1. The van der Waals surface area contributed by atoms with E-state index in [1.165, 1.54) is 17.7 Å². The number of aromatic nitrogens is 2. The zero-order valence-corrected chi connectivity index (χ0v) is 26.4. The van der Waals surface area contributed by atoms with E-state index in [1.807, 2.05) is 18.2 Å². The summed E-state index contributed by atoms with van der Waals surface area (Å²) >= 11 is 1.74. The lowest BCUT2D eigenvalue weighted by Crippen LogP contribution is -2.48. The molecular formula is C33H49N5O2S. The number of likely N-dealkylation sites (tertiary alicyclic amines) is 1. The number of carbonyl (C=O) groups is 2. The minimum Gasteiger partial charge on any atom is -0.354 e. The van der Waals surface area contributed by atoms with Gasteiger partial charge in [-0.1, -0.05) is 40.7 Å². The fourth-order valence-electron chi connectivity index (χ4n) is 6.12. The molecule has 3 aromatic rings. The second kappa shape index (κ2) is 15.0. The predicted molar refractivity (Wildman–Crippen MR) is 170 cm³/mol. The molecule has 0 spiro atoms. The van der Waals surface area contributed by atoms with E-state index in [4.69, 9.17) is 4.98 Å². The molecule has 2 N–H and O–H groups in total. The summed E-state index contributed by atoms with van der Waals surface area (Å²) in [4.78, 5) is 35.3. The third kappa shape index (κ3) is 8.41. The van der Waals surface area contributed by atoms with Crippen LogP contribution in [0.4, 0.5) is 0 Å². The lowest BCUT2D eigenvalue weighted by Gasteiger charge is -2.30. The van der Waals surface area contributed by atoms with E-state index in [-0.39, 0.29) is 17.7 Å². The highest BCUT2D eigenvalue weighted by Crippen LogP contribution is 2.28. The second-order valence-electron chi connectivity index (χ2n) is 12.2. The summed E-state index contributed by atoms with van der Waals surface area (Å²) < 4.78 is 2.36. The van der Waals surface area contributed by atoms with Crippen molar-refractivity contribution in [3.05, 3.63) is 52.0 Å². The van der Waals surface area contributed by atoms with Crippen LogP contribution in [0, 0.1) is 11.8 Å². The van der Waals surface area contributed by atoms with Crippen molar-refractivity contribution in [3.8, 4) is 0 Å². The fourth-order valence-corrected chi connectivity index (χ4v) is 6.82. The van der Waals surface area contributed by atoms with Crippen LogP contribution in [0.1, 0.15) is 100 Å². The van der Waals surface area contributed by atoms with Gasteiger partial charge in [-0.2, -0.15) is 0 Å². The first kappa shape index (κ1) is 31.2. The van der Waals surface area contributed by atoms with E-state index in [2.05, 4.69) is 72.2 Å². The molecule has 1 saturated heterocycles. The molecule has 1 fully saturated rings. The van der Waals surface area contributed by atoms with E-state index in [9.17, 15) is 9.59 Å². The van der Waals surface area contributed by atoms with Crippen LogP contribution < -0.4 is 10.6 Å². The maximum atomic E-state index is 13.4. The van der Waals surface area contributed by atoms with Crippen LogP contribution >= 0.6 is 11.3 Å². The van der Waals surface area contributed by atoms with Crippen molar-refractivity contribution < 1.29 is 9.59 Å². The Hall–Kier alpha value is -2.71. The number of carbonyl (C=O) groups excluding carboxylic acids is 2. The van der Waals surface area contributed by atoms with Crippen molar-refractivity contribution >= 4 is 34.2 Å². The molecule has 41 heavy (non-hydrogen) atoms. The van der Waals surface area contributed by atoms with Gasteiger partial charge in [0.25, 0.3) is 5.91 Å². The highest BCUT2D eigenvalue weighted by Gasteiger charge is 2.24. The van der Waals surface area contributed by atoms with Gasteiger partial charge in [-0.3, -0.25) is 9.59 Å². The monoisotopic (exact) mass is 579 g/mol. The molecule has 1 aromatic carbocycles. The Balaban J connectivity index is 1.44. The molecule has 0 radical (unpaired) electrons. The molecule has 7 nitrogen and oxygen atoms in total. The molecule has 2 aromatic heterocycles. The Kier molecular flexibility index (Phi) is 11.4. The molecule has 2 amide bonds. The van der Waals surface area contributed by atoms with Gasteiger partial charge in [0.05, 0.1) is 11.0 Å². The number of piperidine rings is 1. The van der Waals surface area contributed by atoms with Gasteiger partial charge in [0.1, 0.15) is 11.9 Å². The number of rotatable bonds is 14. The standard InChI is InChI=1S/C33H49N5O2S/c1-6-26(7-2)38-30-14-13-25(20-28(30)35-31(38)21-27-12-9-18-41-27)32(39)36-29(19-23(3)4)33(40)34-15-10-17-37-16-8-11-24(5)22-37/h9,12-14,18,20,23-24,26,29H,6-8,10-11,15-17,19,21-22H2,1-5H3,(H,34,40)(H,36,39)/t24?,29-/m0/s1. The van der Waals surface area contributed by atoms with Gasteiger partial charge in [-0.15, -0.1) is 11.3 Å². The summed E-state index contributed by atoms with van der Waals surface area (Å²) in [6, 6.07) is 9.78. The summed E-state index contributed by atoms with van der Waals surface area (Å²) in [5.74, 6) is 1.73. The van der Waals surface area contributed by atoms with Gasteiger partial charge in [0.15, 0.2) is 0 Å². The second-order valence-corrected chi connectivity index (χ2v) is 13.2. The molecule has 224 valence electrons. The normalized spacial score (nSPS) is 16.9. The van der Waals surface area contributed by atoms with Crippen molar-refractivity contribution in [2.45, 2.75) is 91.6 Å². The van der Waals surface area contributed by atoms with Gasteiger partial charge in [-0.25, -0.2) is 4.98 Å². The number of amides is 2. The van der Waals surface area contributed by atoms with Crippen LogP contribution in [0.2, 0.25) is 0 Å². The quantitative estimate of drug-likeness (QED) is 0.216. The smallest absolute Gasteiger partial charge is 0.252 e. The zero-order chi connectivity index (χ0) is 29.4. The number of benzene rings is 1. The first-order valence-electron chi connectivity index (χ1n) is 15.6. The number of hydrogen-bond donors (Lipinski definition) is 2. The lowest BCUT2D eigenvalue weighted by atomic mass is 10.0. The third-order valence-corrected chi connectivity index (χ3v) is 9.14. The first-order chi connectivity index (χ1) is 19.8. The van der Waals surface area contributed by atoms with Crippen LogP contribution in [0.15, 0.2) is 35.7 Å². The van der Waals surface area contributed by atoms with E-state index < -0.39 is 6.04 Å². The Labute approximate surface area is 250 Å². The summed E-state index contributed by atoms with van der Waals surface area (Å²) in [7, 11) is 0. The molecule has 0 bridgehead atoms. The average molecular weight is 580 g/mol. The Bertz CT molecular complexity index is 1260. The van der Waals surface area contributed by atoms with E-state index in [0.29, 0.717) is 24.6 Å². The van der Waals surface area contributed by atoms with Crippen molar-refractivity contribution in [2.24, 2.45) is 11.8 Å². The summed E-state index contributed by atoms with van der Waals surface area (Å²) in [6.07, 6.45) is 6.90. The molecule has 0 saturated carbocycles. The Morgan fingerprint density at radius 1 is 1.17 bits per heavy atom. The van der Waals surface area contributed by atoms with Crippen molar-refractivity contribution in [1.29, 1.82) is 0 Å². The molecule has 8 heteroatoms. The summed E-state index contributed by atoms with van der Waals surface area (Å²) in [6.45, 7) is 14.8. The van der Waals surface area contributed by atoms with Crippen molar-refractivity contribution in [2.75, 3.05) is 26.2 Å². The minimum atomic E-state index is -0.565. The van der Waals surface area contributed by atoms with Gasteiger partial charge in [-0.05, 0) is 93.1 Å². The van der Waals surface area contributed by atoms with Crippen LogP contribution in [-0.2, 0) is 11.2 Å². The Morgan fingerprint density at radius 3 is 2.66 bits per heavy atom. The van der Waals surface area contributed by atoms with Crippen molar-refractivity contribution in [3.63, 3.8) is 0 Å². The van der Waals surface area contributed by atoms with Crippen LogP contribution in [0.25, 0.3) is 11.0 Å². The molecule has 1 aliphatic rings. The number of thiophene rings is 1. The third-order valence-electron chi connectivity index (χ3n) is 8.27. The van der Waals surface area contributed by atoms with Crippen molar-refractivity contribution in [1.82, 2.24) is 25.1 Å². The van der Waals surface area contributed by atoms with Crippen LogP contribution in [0.3, 0.4) is 0 Å². The zero-order valence-electron chi connectivity index (χ0n) is 25.6. The molecule has 0 aliphatic carbocycles. The summed E-state index contributed by atoms with van der Waals surface area (Å²) in [5, 5.41) is 8.22. The number of hydrogen-bond acceptors (Lipinski definition) is 5. The highest BCUT2D eigenvalue weighted by molar-refractivity contribution is 7.09. The van der Waals surface area contributed by atoms with Crippen LogP contribution in [0.5, 0.6) is 0 Å². The number of fused-ring (bicyclic) bond motifs is 1. The highest BCUT2D eigenvalue weighted by atomic mass is 32.1. The van der Waals surface area contributed by atoms with Gasteiger partial charge < -0.3 is 20.1 Å². The van der Waals surface area contributed by atoms with Gasteiger partial charge >= 0.3 is 0 Å². The van der Waals surface area contributed by atoms with E-state index in [0.717, 1.165) is 68.1 Å². The molecule has 1 aliphatic heterocycles. The lowest BCUT2D eigenvalue weighted by molar-refractivity contribution is -0.123. The fraction of sp³-hybridized carbons (Fsp3) is 0.606. The first-order valence-corrected chi connectivity index (χ1v) is 16.5. The summed E-state index contributed by atoms with van der Waals surface area (Å²) in [5.41, 5.74) is 2.42. The molecule has 4 rings (SSSR count). The van der Waals surface area contributed by atoms with Crippen LogP contribution in [-0.4, -0.2) is 58.5 Å². The SMILES string of the molecule is CCC(CC)n1c(Cc2cccs2)nc2cc(C(=O)N[C@@H](CC(C)C)C(=O)NCCCN3CCCC(C)C3)ccc21. The van der Waals surface area contributed by atoms with E-state index >= 15 is 0 Å². The predicted octanol–water partition coefficient (Wildman–Crippen LogP) is 6.43. The molecule has 3 heterocycles. The van der Waals surface area contributed by atoms with Gasteiger partial charge in [0.2, 0.25) is 5.91 Å². The maximum absolute atomic E-state index is 13.4.